The van der Waals surface area contributed by atoms with Crippen molar-refractivity contribution in [3.05, 3.63) is 302 Å². The van der Waals surface area contributed by atoms with Crippen LogP contribution in [-0.2, 0) is 19.3 Å². The smallest absolute Gasteiger partial charge is 0.165 e. The molecule has 12 aromatic rings. The number of likely N-dealkylation sites (tertiary alicyclic amines) is 1. The second-order valence-corrected chi connectivity index (χ2v) is 38.6. The molecule has 20 heteroatoms. The number of fused-ring (bicyclic) bond motifs is 15. The molecule has 22 rings (SSSR count). The van der Waals surface area contributed by atoms with Gasteiger partial charge in [-0.3, -0.25) is 4.90 Å². The average Bonchev–Trinajstić information content (AvgIpc) is 1.61. The number of phenolic OH excluding ortho intramolecular Hbond substituents is 2. The highest BCUT2D eigenvalue weighted by atomic mass is 35.5. The van der Waals surface area contributed by atoms with Crippen LogP contribution in [-0.4, -0.2) is 191 Å². The quantitative estimate of drug-likeness (QED) is 0.126. The molecule has 0 amide bonds. The van der Waals surface area contributed by atoms with Gasteiger partial charge in [0.05, 0.1) is 39.7 Å². The van der Waals surface area contributed by atoms with Crippen LogP contribution < -0.4 is 19.9 Å². The van der Waals surface area contributed by atoms with Gasteiger partial charge in [0, 0.05) is 158 Å². The zero-order chi connectivity index (χ0) is 83.2. The first kappa shape index (κ1) is 84.0. The fourth-order valence-electron chi connectivity index (χ4n) is 18.2. The normalized spacial score (nSPS) is 18.1. The number of rotatable bonds is 8. The monoisotopic (exact) mass is 1720 g/mol. The Labute approximate surface area is 741 Å². The minimum absolute atomic E-state index is 0.0163. The highest BCUT2D eigenvalue weighted by Gasteiger charge is 2.40. The molecule has 0 radical (unpaired) electrons. The molecule has 121 heavy (non-hydrogen) atoms. The van der Waals surface area contributed by atoms with Crippen LogP contribution in [0.5, 0.6) is 23.0 Å². The molecule has 3 saturated heterocycles. The van der Waals surface area contributed by atoms with Gasteiger partial charge in [-0.05, 0) is 249 Å². The molecular weight excluding hydrogens is 1610 g/mol. The molecule has 0 bridgehead atoms. The second kappa shape index (κ2) is 38.3. The van der Waals surface area contributed by atoms with Gasteiger partial charge in [-0.2, -0.15) is 0 Å². The lowest BCUT2D eigenvalue weighted by Crippen LogP contribution is -2.47. The zero-order valence-corrected chi connectivity index (χ0v) is 74.9. The predicted octanol–water partition coefficient (Wildman–Crippen LogP) is 23.1. The van der Waals surface area contributed by atoms with Crippen molar-refractivity contribution in [2.75, 3.05) is 156 Å². The molecule has 3 atom stereocenters. The summed E-state index contributed by atoms with van der Waals surface area (Å²) in [5.74, 6) is 3.97. The number of hydrogen-bond acceptors (Lipinski definition) is 18. The van der Waals surface area contributed by atoms with Gasteiger partial charge in [0.25, 0.3) is 0 Å². The number of anilines is 6. The van der Waals surface area contributed by atoms with Crippen molar-refractivity contribution in [2.45, 2.75) is 86.3 Å². The number of nitrogens with zero attached hydrogens (tertiary/aromatic N) is 10. The average molecular weight is 1720 g/mol. The number of ether oxygens (including phenoxy) is 1. The molecule has 1 aromatic heterocycles. The molecule has 0 saturated carbocycles. The van der Waals surface area contributed by atoms with Crippen LogP contribution in [0.3, 0.4) is 0 Å². The summed E-state index contributed by atoms with van der Waals surface area (Å²) in [5, 5.41) is 26.4. The van der Waals surface area contributed by atoms with Crippen LogP contribution in [0.15, 0.2) is 277 Å². The van der Waals surface area contributed by atoms with Gasteiger partial charge in [0.2, 0.25) is 0 Å². The third kappa shape index (κ3) is 19.1. The first-order chi connectivity index (χ1) is 59.0. The van der Waals surface area contributed by atoms with Crippen LogP contribution in [0.4, 0.5) is 39.1 Å². The Morgan fingerprint density at radius 3 is 1.73 bits per heavy atom. The second-order valence-electron chi connectivity index (χ2n) is 33.2. The first-order valence-electron chi connectivity index (χ1n) is 42.5. The molecule has 622 valence electrons. The Bertz CT molecular complexity index is 5580. The molecule has 3 N–H and O–H groups in total. The summed E-state index contributed by atoms with van der Waals surface area (Å²) in [6.45, 7) is 18.7. The van der Waals surface area contributed by atoms with Crippen LogP contribution in [0.2, 0.25) is 10.0 Å². The van der Waals surface area contributed by atoms with Crippen molar-refractivity contribution in [1.29, 1.82) is 0 Å². The van der Waals surface area contributed by atoms with E-state index in [0.717, 1.165) is 153 Å². The standard InChI is InChI=1S/C20H24ClN3S.C17H16ClNO.C17H20N4S.C17H20N2S.C17H17NO2.C13H10S/c1-22-11-13-23(14-12-22)9-4-10-24-17-5-2-3-6-19(17)25-20-8-7-16(21)15-18(20)24;1-19-9-14-12-4-2-3-5-16(12)20-17-7-6-11(18)8-13(17)15(14)10-19;1-12-11-13-16(21-9-7-20(2)8-10-21)18-14-5-3-4-6-15(14)19-17(13)22-12;1-18(2)12-7-13-19-14-8-3-5-10-16(14)20-17-11-6-4-9-15(17)19;1-18-8-7-10-3-2-4-12-15(10)13(18)9-11-5-6-14(19)17(20)16(11)12;1-3-7-12-10(5-1)9-11-6-2-4-8-13(11)14-12/h2-3,5-8,15H,4,9-14H2,1H3;2-8,14-15H,9-10H2,1H3;3-6,11,19H,7-10H2,1-2H3;3-6,8-11H,7,12-13H2,1-2H3;2-6,13,19-20H,7-9H2,1H3;1-8H,9H2. The number of piperazine rings is 2. The molecule has 11 aromatic carbocycles. The Hall–Kier alpha value is -9.22. The third-order valence-electron chi connectivity index (χ3n) is 24.5. The van der Waals surface area contributed by atoms with E-state index in [2.05, 4.69) is 305 Å². The number of hydrogen-bond donors (Lipinski definition) is 3. The number of thiophene rings is 1. The number of aliphatic imine (C=N–C) groups is 1. The molecule has 3 unspecified atom stereocenters. The van der Waals surface area contributed by atoms with Gasteiger partial charge < -0.3 is 59.5 Å². The van der Waals surface area contributed by atoms with E-state index in [4.69, 9.17) is 32.9 Å². The lowest BCUT2D eigenvalue weighted by Gasteiger charge is -2.39. The Morgan fingerprint density at radius 1 is 0.488 bits per heavy atom. The van der Waals surface area contributed by atoms with Crippen molar-refractivity contribution in [3.63, 3.8) is 0 Å². The highest BCUT2D eigenvalue weighted by Crippen LogP contribution is 2.54. The summed E-state index contributed by atoms with van der Waals surface area (Å²) in [6.07, 6.45) is 5.35. The number of halogens is 2. The Morgan fingerprint density at radius 2 is 1.04 bits per heavy atom. The minimum atomic E-state index is -0.0380. The van der Waals surface area contributed by atoms with Crippen LogP contribution in [0.1, 0.15) is 80.1 Å². The third-order valence-corrected chi connectivity index (χ3v) is 29.4. The van der Waals surface area contributed by atoms with Crippen molar-refractivity contribution < 1.29 is 14.9 Å². The maximum atomic E-state index is 10.3. The van der Waals surface area contributed by atoms with E-state index < -0.39 is 0 Å². The summed E-state index contributed by atoms with van der Waals surface area (Å²) in [4.78, 5) is 36.2. The SMILES string of the molecule is CN(C)CCCN1c2ccccc2Sc2ccccc21.CN1CC2c3ccccc3Oc3ccc(Cl)cc3C2C1.CN1CCN(CCCN2c3ccccc3Sc3ccc(Cl)cc32)CC1.CN1CCc2cccc3c2C1Cc1ccc(O)c(O)c1-3.Cc1cc2c(s1)Nc1ccccc1N=C2N1CCN(C)CC1.c1ccc2c(c1)Cc1ccccc1S2. The number of benzene rings is 11. The summed E-state index contributed by atoms with van der Waals surface area (Å²) in [7, 11) is 13.0. The van der Waals surface area contributed by atoms with E-state index in [0.29, 0.717) is 17.9 Å². The number of aryl methyl sites for hydroxylation is 1. The van der Waals surface area contributed by atoms with Crippen molar-refractivity contribution in [3.8, 4) is 34.1 Å². The molecule has 0 spiro atoms. The van der Waals surface area contributed by atoms with E-state index in [1.165, 1.54) is 134 Å². The fraction of sp³-hybridized carbons (Fsp3) is 0.297. The fourth-order valence-corrected chi connectivity index (χ4v) is 22.7. The van der Waals surface area contributed by atoms with E-state index in [1.807, 2.05) is 65.6 Å². The van der Waals surface area contributed by atoms with Crippen molar-refractivity contribution in [2.24, 2.45) is 4.99 Å². The van der Waals surface area contributed by atoms with Crippen LogP contribution in [0.25, 0.3) is 11.1 Å². The van der Waals surface area contributed by atoms with Gasteiger partial charge in [0.15, 0.2) is 11.5 Å². The number of amidine groups is 1. The van der Waals surface area contributed by atoms with Gasteiger partial charge >= 0.3 is 0 Å². The highest BCUT2D eigenvalue weighted by molar-refractivity contribution is 8.00. The molecule has 1 aliphatic carbocycles. The number of phenols is 2. The van der Waals surface area contributed by atoms with Gasteiger partial charge in [-0.25, -0.2) is 4.99 Å². The van der Waals surface area contributed by atoms with Gasteiger partial charge in [-0.15, -0.1) is 11.3 Å². The molecule has 10 heterocycles. The summed E-state index contributed by atoms with van der Waals surface area (Å²) in [5.41, 5.74) is 19.8. The maximum Gasteiger partial charge on any atom is 0.165 e. The number of likely N-dealkylation sites (N-methyl/N-ethyl adjacent to an activating group) is 4. The molecule has 14 nitrogen and oxygen atoms in total. The van der Waals surface area contributed by atoms with Gasteiger partial charge in [-0.1, -0.05) is 186 Å². The Kier molecular flexibility index (Phi) is 26.6. The van der Waals surface area contributed by atoms with Crippen molar-refractivity contribution >= 4 is 115 Å². The van der Waals surface area contributed by atoms with Gasteiger partial charge in [0.1, 0.15) is 22.3 Å². The van der Waals surface area contributed by atoms with Crippen LogP contribution >= 0.6 is 69.8 Å². The molecule has 9 aliphatic heterocycles. The summed E-state index contributed by atoms with van der Waals surface area (Å²) in [6, 6.07) is 84.7. The zero-order valence-electron chi connectivity index (χ0n) is 70.1. The van der Waals surface area contributed by atoms with E-state index in [1.54, 1.807) is 17.4 Å². The largest absolute Gasteiger partial charge is 0.504 e. The van der Waals surface area contributed by atoms with E-state index in [9.17, 15) is 10.2 Å². The summed E-state index contributed by atoms with van der Waals surface area (Å²) < 4.78 is 6.15. The van der Waals surface area contributed by atoms with Crippen LogP contribution in [0, 0.1) is 6.92 Å². The summed E-state index contributed by atoms with van der Waals surface area (Å²) >= 11 is 19.9. The molecule has 10 aliphatic rings. The molecule has 3 fully saturated rings. The lowest BCUT2D eigenvalue weighted by molar-refractivity contribution is 0.153. The number of aromatic hydroxyl groups is 2. The molecular formula is C101H107Cl2N11O3S4. The van der Waals surface area contributed by atoms with Crippen molar-refractivity contribution in [1.82, 2.24) is 34.3 Å². The lowest BCUT2D eigenvalue weighted by atomic mass is 9.77. The topological polar surface area (TPSA) is 103 Å². The number of nitrogens with one attached hydrogen (secondary N) is 1. The minimum Gasteiger partial charge on any atom is -0.504 e. The first-order valence-corrected chi connectivity index (χ1v) is 46.5. The number of para-hydroxylation sites is 6. The van der Waals surface area contributed by atoms with E-state index in [-0.39, 0.29) is 11.5 Å². The predicted molar refractivity (Wildman–Crippen MR) is 508 cm³/mol. The van der Waals surface area contributed by atoms with E-state index >= 15 is 0 Å². The Balaban J connectivity index is 0.000000104. The maximum absolute atomic E-state index is 10.3.